The minimum absolute atomic E-state index is 0.0837. The van der Waals surface area contributed by atoms with Crippen LogP contribution in [-0.2, 0) is 17.9 Å². The summed E-state index contributed by atoms with van der Waals surface area (Å²) in [7, 11) is 0. The van der Waals surface area contributed by atoms with Crippen LogP contribution >= 0.6 is 11.3 Å². The second-order valence-corrected chi connectivity index (χ2v) is 6.29. The molecular formula is C16H17N5OS. The van der Waals surface area contributed by atoms with Crippen molar-refractivity contribution in [3.8, 4) is 0 Å². The zero-order chi connectivity index (χ0) is 16.4. The number of aryl methyl sites for hydroxylation is 2. The van der Waals surface area contributed by atoms with Crippen LogP contribution < -0.4 is 4.80 Å². The van der Waals surface area contributed by atoms with Crippen LogP contribution in [0.3, 0.4) is 0 Å². The Bertz CT molecular complexity index is 933. The number of carbonyl (C=O) groups excluding carboxylic acids is 1. The molecule has 0 spiro atoms. The summed E-state index contributed by atoms with van der Waals surface area (Å²) < 4.78 is 4.63. The summed E-state index contributed by atoms with van der Waals surface area (Å²) in [5.74, 6) is -0.255. The highest BCUT2D eigenvalue weighted by Gasteiger charge is 2.10. The average Bonchev–Trinajstić information content (AvgIpc) is 3.09. The number of hydrogen-bond acceptors (Lipinski definition) is 4. The molecule has 3 rings (SSSR count). The van der Waals surface area contributed by atoms with Gasteiger partial charge in [0.15, 0.2) is 4.80 Å². The third-order valence-corrected chi connectivity index (χ3v) is 4.64. The molecule has 2 heterocycles. The van der Waals surface area contributed by atoms with Gasteiger partial charge in [0.05, 0.1) is 10.2 Å². The van der Waals surface area contributed by atoms with Gasteiger partial charge in [0, 0.05) is 6.54 Å². The summed E-state index contributed by atoms with van der Waals surface area (Å²) >= 11 is 1.52. The molecule has 6 nitrogen and oxygen atoms in total. The van der Waals surface area contributed by atoms with Crippen molar-refractivity contribution in [2.24, 2.45) is 4.99 Å². The maximum Gasteiger partial charge on any atom is 0.270 e. The molecular weight excluding hydrogens is 310 g/mol. The van der Waals surface area contributed by atoms with Gasteiger partial charge in [-0.15, -0.1) is 6.58 Å². The number of aromatic nitrogens is 4. The van der Waals surface area contributed by atoms with Crippen molar-refractivity contribution in [1.82, 2.24) is 19.3 Å². The Morgan fingerprint density at radius 3 is 2.96 bits per heavy atom. The minimum atomic E-state index is -0.255. The van der Waals surface area contributed by atoms with Gasteiger partial charge in [0.1, 0.15) is 19.2 Å². The molecule has 3 aromatic rings. The molecule has 2 aromatic heterocycles. The van der Waals surface area contributed by atoms with Crippen LogP contribution in [0.4, 0.5) is 0 Å². The van der Waals surface area contributed by atoms with Crippen molar-refractivity contribution >= 4 is 27.5 Å². The number of hydrogen-bond donors (Lipinski definition) is 0. The fourth-order valence-corrected chi connectivity index (χ4v) is 3.61. The van der Waals surface area contributed by atoms with E-state index in [2.05, 4.69) is 47.6 Å². The SMILES string of the molecule is C=CCn1c(=NC(=O)Cn2cncn2)sc2c(C)cc(C)cc21. The Kier molecular flexibility index (Phi) is 4.20. The summed E-state index contributed by atoms with van der Waals surface area (Å²) in [6.45, 7) is 8.64. The summed E-state index contributed by atoms with van der Waals surface area (Å²) in [4.78, 5) is 21.0. The van der Waals surface area contributed by atoms with Gasteiger partial charge < -0.3 is 4.57 Å². The van der Waals surface area contributed by atoms with Crippen LogP contribution in [0, 0.1) is 13.8 Å². The van der Waals surface area contributed by atoms with Crippen molar-refractivity contribution < 1.29 is 4.79 Å². The Balaban J connectivity index is 2.10. The molecule has 0 saturated carbocycles. The first-order valence-electron chi connectivity index (χ1n) is 7.20. The minimum Gasteiger partial charge on any atom is -0.312 e. The first-order chi connectivity index (χ1) is 11.1. The van der Waals surface area contributed by atoms with E-state index in [1.807, 2.05) is 10.6 Å². The Morgan fingerprint density at radius 1 is 1.43 bits per heavy atom. The molecule has 0 saturated heterocycles. The molecule has 0 radical (unpaired) electrons. The lowest BCUT2D eigenvalue weighted by Gasteiger charge is -2.03. The van der Waals surface area contributed by atoms with E-state index in [0.717, 1.165) is 10.2 Å². The lowest BCUT2D eigenvalue weighted by Crippen LogP contribution is -2.18. The Morgan fingerprint density at radius 2 is 2.26 bits per heavy atom. The predicted octanol–water partition coefficient (Wildman–Crippen LogP) is 2.22. The largest absolute Gasteiger partial charge is 0.312 e. The van der Waals surface area contributed by atoms with Gasteiger partial charge in [0.25, 0.3) is 5.91 Å². The molecule has 118 valence electrons. The standard InChI is InChI=1S/C16H17N5OS/c1-4-5-21-13-7-11(2)6-12(3)15(13)23-16(21)19-14(22)8-20-10-17-9-18-20/h4,6-7,9-10H,1,5,8H2,2-3H3. The maximum absolute atomic E-state index is 12.2. The quantitative estimate of drug-likeness (QED) is 0.690. The molecule has 0 atom stereocenters. The van der Waals surface area contributed by atoms with Crippen LogP contribution in [0.25, 0.3) is 10.2 Å². The maximum atomic E-state index is 12.2. The zero-order valence-electron chi connectivity index (χ0n) is 13.1. The molecule has 0 aliphatic heterocycles. The zero-order valence-corrected chi connectivity index (χ0v) is 13.9. The lowest BCUT2D eigenvalue weighted by molar-refractivity contribution is -0.118. The van der Waals surface area contributed by atoms with Crippen molar-refractivity contribution in [2.45, 2.75) is 26.9 Å². The van der Waals surface area contributed by atoms with Gasteiger partial charge in [-0.05, 0) is 31.0 Å². The Hall–Kier alpha value is -2.54. The molecule has 0 N–H and O–H groups in total. The Labute approximate surface area is 137 Å². The smallest absolute Gasteiger partial charge is 0.270 e. The highest BCUT2D eigenvalue weighted by molar-refractivity contribution is 7.16. The number of rotatable bonds is 4. The van der Waals surface area contributed by atoms with Gasteiger partial charge >= 0.3 is 0 Å². The van der Waals surface area contributed by atoms with E-state index in [0.29, 0.717) is 11.3 Å². The van der Waals surface area contributed by atoms with E-state index in [9.17, 15) is 4.79 Å². The van der Waals surface area contributed by atoms with Gasteiger partial charge in [-0.2, -0.15) is 10.1 Å². The number of nitrogens with zero attached hydrogens (tertiary/aromatic N) is 5. The summed E-state index contributed by atoms with van der Waals surface area (Å²) in [6, 6.07) is 4.25. The third-order valence-electron chi connectivity index (χ3n) is 3.41. The normalized spacial score (nSPS) is 12.0. The van der Waals surface area contributed by atoms with Gasteiger partial charge in [0.2, 0.25) is 0 Å². The van der Waals surface area contributed by atoms with Crippen LogP contribution in [0.2, 0.25) is 0 Å². The van der Waals surface area contributed by atoms with E-state index in [1.54, 1.807) is 0 Å². The number of thiazole rings is 1. The number of amides is 1. The van der Waals surface area contributed by atoms with Crippen molar-refractivity contribution in [3.05, 3.63) is 53.4 Å². The monoisotopic (exact) mass is 327 g/mol. The van der Waals surface area contributed by atoms with E-state index in [4.69, 9.17) is 0 Å². The van der Waals surface area contributed by atoms with Gasteiger partial charge in [-0.25, -0.2) is 9.67 Å². The van der Waals surface area contributed by atoms with E-state index < -0.39 is 0 Å². The molecule has 0 bridgehead atoms. The highest BCUT2D eigenvalue weighted by Crippen LogP contribution is 2.23. The van der Waals surface area contributed by atoms with E-state index in [-0.39, 0.29) is 12.5 Å². The fraction of sp³-hybridized carbons (Fsp3) is 0.250. The first kappa shape index (κ1) is 15.4. The van der Waals surface area contributed by atoms with Crippen molar-refractivity contribution in [3.63, 3.8) is 0 Å². The fourth-order valence-electron chi connectivity index (χ4n) is 2.50. The van der Waals surface area contributed by atoms with Gasteiger partial charge in [-0.3, -0.25) is 4.79 Å². The van der Waals surface area contributed by atoms with Crippen LogP contribution in [0.15, 0.2) is 42.4 Å². The van der Waals surface area contributed by atoms with Gasteiger partial charge in [-0.1, -0.05) is 23.5 Å². The first-order valence-corrected chi connectivity index (χ1v) is 8.01. The van der Waals surface area contributed by atoms with Crippen molar-refractivity contribution in [1.29, 1.82) is 0 Å². The summed E-state index contributed by atoms with van der Waals surface area (Å²) in [5.41, 5.74) is 3.46. The van der Waals surface area contributed by atoms with Crippen LogP contribution in [0.1, 0.15) is 11.1 Å². The van der Waals surface area contributed by atoms with E-state index >= 15 is 0 Å². The molecule has 23 heavy (non-hydrogen) atoms. The van der Waals surface area contributed by atoms with E-state index in [1.165, 1.54) is 39.8 Å². The molecule has 1 aromatic carbocycles. The summed E-state index contributed by atoms with van der Waals surface area (Å²) in [6.07, 6.45) is 4.71. The molecule has 0 aliphatic carbocycles. The second-order valence-electron chi connectivity index (χ2n) is 5.31. The lowest BCUT2D eigenvalue weighted by atomic mass is 10.1. The highest BCUT2D eigenvalue weighted by atomic mass is 32.1. The third kappa shape index (κ3) is 3.14. The molecule has 0 aliphatic rings. The number of benzene rings is 1. The van der Waals surface area contributed by atoms with Crippen LogP contribution in [0.5, 0.6) is 0 Å². The number of carbonyl (C=O) groups is 1. The molecule has 7 heteroatoms. The predicted molar refractivity (Wildman–Crippen MR) is 90.1 cm³/mol. The molecule has 1 amide bonds. The number of allylic oxidation sites excluding steroid dienone is 1. The van der Waals surface area contributed by atoms with Crippen molar-refractivity contribution in [2.75, 3.05) is 0 Å². The second kappa shape index (κ2) is 6.29. The molecule has 0 fully saturated rings. The average molecular weight is 327 g/mol. The summed E-state index contributed by atoms with van der Waals surface area (Å²) in [5, 5.41) is 3.93. The molecule has 0 unspecified atom stereocenters. The van der Waals surface area contributed by atoms with Crippen LogP contribution in [-0.4, -0.2) is 25.2 Å². The topological polar surface area (TPSA) is 65.1 Å². The number of fused-ring (bicyclic) bond motifs is 1.